The van der Waals surface area contributed by atoms with Gasteiger partial charge in [-0.3, -0.25) is 9.59 Å². The highest BCUT2D eigenvalue weighted by Gasteiger charge is 2.16. The minimum Gasteiger partial charge on any atom is -0.497 e. The molecule has 1 atom stereocenters. The van der Waals surface area contributed by atoms with E-state index in [0.717, 1.165) is 0 Å². The number of ether oxygens (including phenoxy) is 1. The van der Waals surface area contributed by atoms with Crippen molar-refractivity contribution in [2.24, 2.45) is 5.73 Å². The number of amides is 2. The molecule has 92 valence electrons. The summed E-state index contributed by atoms with van der Waals surface area (Å²) in [4.78, 5) is 22.7. The molecule has 0 saturated heterocycles. The first-order valence-corrected chi connectivity index (χ1v) is 5.68. The van der Waals surface area contributed by atoms with Crippen LogP contribution in [0.2, 0.25) is 0 Å². The second-order valence-corrected chi connectivity index (χ2v) is 4.30. The molecule has 0 bridgehead atoms. The molecule has 0 aliphatic heterocycles. The van der Waals surface area contributed by atoms with Crippen LogP contribution in [0.15, 0.2) is 22.7 Å². The van der Waals surface area contributed by atoms with E-state index in [1.54, 1.807) is 18.2 Å². The SMILES string of the molecule is COc1ccc(Br)c(C(=O)N[C@H](C)C(N)=O)c1. The van der Waals surface area contributed by atoms with E-state index < -0.39 is 11.9 Å². The number of halogens is 1. The number of benzene rings is 1. The van der Waals surface area contributed by atoms with Crippen LogP contribution < -0.4 is 15.8 Å². The van der Waals surface area contributed by atoms with Gasteiger partial charge >= 0.3 is 0 Å². The van der Waals surface area contributed by atoms with Crippen LogP contribution in [-0.2, 0) is 4.79 Å². The van der Waals surface area contributed by atoms with Crippen LogP contribution in [0.25, 0.3) is 0 Å². The van der Waals surface area contributed by atoms with E-state index in [1.165, 1.54) is 14.0 Å². The van der Waals surface area contributed by atoms with Gasteiger partial charge in [0.2, 0.25) is 5.91 Å². The summed E-state index contributed by atoms with van der Waals surface area (Å²) in [5.41, 5.74) is 5.45. The van der Waals surface area contributed by atoms with Crippen LogP contribution in [0.3, 0.4) is 0 Å². The molecule has 0 aromatic heterocycles. The number of nitrogens with one attached hydrogen (secondary N) is 1. The van der Waals surface area contributed by atoms with Crippen LogP contribution in [0.5, 0.6) is 5.75 Å². The maximum atomic E-state index is 11.8. The third-order valence-corrected chi connectivity index (χ3v) is 2.88. The number of nitrogens with two attached hydrogens (primary N) is 1. The molecule has 17 heavy (non-hydrogen) atoms. The molecule has 0 fully saturated rings. The lowest BCUT2D eigenvalue weighted by atomic mass is 10.2. The highest BCUT2D eigenvalue weighted by Crippen LogP contribution is 2.22. The van der Waals surface area contributed by atoms with Crippen molar-refractivity contribution in [2.45, 2.75) is 13.0 Å². The fraction of sp³-hybridized carbons (Fsp3) is 0.273. The Kier molecular flexibility index (Phi) is 4.51. The second-order valence-electron chi connectivity index (χ2n) is 3.44. The predicted molar refractivity (Wildman–Crippen MR) is 66.8 cm³/mol. The lowest BCUT2D eigenvalue weighted by molar-refractivity contribution is -0.119. The molecule has 0 heterocycles. The Balaban J connectivity index is 2.91. The number of hydrogen-bond acceptors (Lipinski definition) is 3. The van der Waals surface area contributed by atoms with Crippen molar-refractivity contribution in [1.29, 1.82) is 0 Å². The standard InChI is InChI=1S/C11H13BrN2O3/c1-6(10(13)15)14-11(16)8-5-7(17-2)3-4-9(8)12/h3-6H,1-2H3,(H2,13,15)(H,14,16)/t6-/m1/s1. The number of primary amides is 1. The zero-order valence-electron chi connectivity index (χ0n) is 9.49. The van der Waals surface area contributed by atoms with Gasteiger partial charge in [0, 0.05) is 4.47 Å². The first-order chi connectivity index (χ1) is 7.95. The minimum atomic E-state index is -0.722. The fourth-order valence-electron chi connectivity index (χ4n) is 1.15. The Morgan fingerprint density at radius 1 is 1.47 bits per heavy atom. The van der Waals surface area contributed by atoms with E-state index in [4.69, 9.17) is 10.5 Å². The molecule has 0 spiro atoms. The first-order valence-electron chi connectivity index (χ1n) is 4.89. The zero-order chi connectivity index (χ0) is 13.0. The van der Waals surface area contributed by atoms with E-state index in [0.29, 0.717) is 15.8 Å². The van der Waals surface area contributed by atoms with Crippen molar-refractivity contribution in [3.8, 4) is 5.75 Å². The van der Waals surface area contributed by atoms with Gasteiger partial charge < -0.3 is 15.8 Å². The molecule has 0 unspecified atom stereocenters. The summed E-state index contributed by atoms with van der Waals surface area (Å²) in [5, 5.41) is 2.49. The van der Waals surface area contributed by atoms with Gasteiger partial charge in [0.25, 0.3) is 5.91 Å². The molecule has 0 saturated carbocycles. The van der Waals surface area contributed by atoms with Crippen molar-refractivity contribution >= 4 is 27.7 Å². The molecular formula is C11H13BrN2O3. The van der Waals surface area contributed by atoms with Crippen molar-refractivity contribution in [3.05, 3.63) is 28.2 Å². The zero-order valence-corrected chi connectivity index (χ0v) is 11.1. The summed E-state index contributed by atoms with van der Waals surface area (Å²) in [7, 11) is 1.51. The predicted octanol–water partition coefficient (Wildman–Crippen LogP) is 1.06. The second kappa shape index (κ2) is 5.67. The van der Waals surface area contributed by atoms with E-state index >= 15 is 0 Å². The fourth-order valence-corrected chi connectivity index (χ4v) is 1.58. The smallest absolute Gasteiger partial charge is 0.253 e. The van der Waals surface area contributed by atoms with Crippen LogP contribution in [0, 0.1) is 0 Å². The average Bonchev–Trinajstić information content (AvgIpc) is 2.29. The number of carbonyl (C=O) groups excluding carboxylic acids is 2. The number of methoxy groups -OCH3 is 1. The molecule has 0 aliphatic carbocycles. The number of rotatable bonds is 4. The monoisotopic (exact) mass is 300 g/mol. The summed E-state index contributed by atoms with van der Waals surface area (Å²) in [6.45, 7) is 1.52. The van der Waals surface area contributed by atoms with Gasteiger partial charge in [-0.25, -0.2) is 0 Å². The van der Waals surface area contributed by atoms with E-state index in [9.17, 15) is 9.59 Å². The topological polar surface area (TPSA) is 81.4 Å². The third-order valence-electron chi connectivity index (χ3n) is 2.19. The maximum Gasteiger partial charge on any atom is 0.253 e. The largest absolute Gasteiger partial charge is 0.497 e. The summed E-state index contributed by atoms with van der Waals surface area (Å²) in [6, 6.07) is 4.27. The van der Waals surface area contributed by atoms with Gasteiger partial charge in [-0.2, -0.15) is 0 Å². The Hall–Kier alpha value is -1.56. The Labute approximate surface area is 107 Å². The molecule has 0 aliphatic rings. The Bertz CT molecular complexity index is 448. The molecular weight excluding hydrogens is 288 g/mol. The van der Waals surface area contributed by atoms with Crippen LogP contribution in [-0.4, -0.2) is 25.0 Å². The third kappa shape index (κ3) is 3.45. The molecule has 1 aromatic carbocycles. The van der Waals surface area contributed by atoms with Gasteiger partial charge in [0.1, 0.15) is 11.8 Å². The first kappa shape index (κ1) is 13.5. The van der Waals surface area contributed by atoms with Crippen LogP contribution in [0.4, 0.5) is 0 Å². The summed E-state index contributed by atoms with van der Waals surface area (Å²) < 4.78 is 5.64. The summed E-state index contributed by atoms with van der Waals surface area (Å²) in [5.74, 6) is -0.412. The van der Waals surface area contributed by atoms with Gasteiger partial charge in [-0.15, -0.1) is 0 Å². The molecule has 1 rings (SSSR count). The lowest BCUT2D eigenvalue weighted by Crippen LogP contribution is -2.42. The van der Waals surface area contributed by atoms with Crippen molar-refractivity contribution in [3.63, 3.8) is 0 Å². The molecule has 0 radical (unpaired) electrons. The van der Waals surface area contributed by atoms with E-state index in [-0.39, 0.29) is 5.91 Å². The van der Waals surface area contributed by atoms with Crippen molar-refractivity contribution in [2.75, 3.05) is 7.11 Å². The normalized spacial score (nSPS) is 11.7. The maximum absolute atomic E-state index is 11.8. The average molecular weight is 301 g/mol. The Morgan fingerprint density at radius 2 is 2.12 bits per heavy atom. The van der Waals surface area contributed by atoms with Gasteiger partial charge in [-0.1, -0.05) is 0 Å². The highest BCUT2D eigenvalue weighted by atomic mass is 79.9. The lowest BCUT2D eigenvalue weighted by Gasteiger charge is -2.11. The molecule has 5 nitrogen and oxygen atoms in total. The van der Waals surface area contributed by atoms with Gasteiger partial charge in [0.05, 0.1) is 12.7 Å². The quantitative estimate of drug-likeness (QED) is 0.872. The molecule has 1 aromatic rings. The number of carbonyl (C=O) groups is 2. The number of hydrogen-bond donors (Lipinski definition) is 2. The molecule has 3 N–H and O–H groups in total. The molecule has 6 heteroatoms. The van der Waals surface area contributed by atoms with Crippen LogP contribution >= 0.6 is 15.9 Å². The van der Waals surface area contributed by atoms with Crippen molar-refractivity contribution in [1.82, 2.24) is 5.32 Å². The molecule has 2 amide bonds. The Morgan fingerprint density at radius 3 is 2.65 bits per heavy atom. The van der Waals surface area contributed by atoms with E-state index in [1.807, 2.05) is 0 Å². The minimum absolute atomic E-state index is 0.387. The van der Waals surface area contributed by atoms with Gasteiger partial charge in [0.15, 0.2) is 0 Å². The summed E-state index contributed by atoms with van der Waals surface area (Å²) >= 11 is 3.25. The van der Waals surface area contributed by atoms with Gasteiger partial charge in [-0.05, 0) is 41.1 Å². The van der Waals surface area contributed by atoms with Crippen LogP contribution in [0.1, 0.15) is 17.3 Å². The van der Waals surface area contributed by atoms with E-state index in [2.05, 4.69) is 21.2 Å². The van der Waals surface area contributed by atoms with Crippen molar-refractivity contribution < 1.29 is 14.3 Å². The summed E-state index contributed by atoms with van der Waals surface area (Å²) in [6.07, 6.45) is 0. The highest BCUT2D eigenvalue weighted by molar-refractivity contribution is 9.10.